The highest BCUT2D eigenvalue weighted by atomic mass is 16.5. The summed E-state index contributed by atoms with van der Waals surface area (Å²) in [6, 6.07) is 2.96. The molecule has 1 aromatic carbocycles. The Labute approximate surface area is 198 Å². The highest BCUT2D eigenvalue weighted by Gasteiger charge is 2.78. The summed E-state index contributed by atoms with van der Waals surface area (Å²) in [5.74, 6) is 0.254. The zero-order valence-electron chi connectivity index (χ0n) is 20.0. The molecule has 2 spiro atoms. The summed E-state index contributed by atoms with van der Waals surface area (Å²) in [6.45, 7) is 8.54. The normalized spacial score (nSPS) is 41.8. The number of hydrogen-bond donors (Lipinski definition) is 3. The molecule has 3 N–H and O–H groups in total. The number of nitrogens with zero attached hydrogens (tertiary/aromatic N) is 2. The van der Waals surface area contributed by atoms with Gasteiger partial charge in [0.1, 0.15) is 28.0 Å². The van der Waals surface area contributed by atoms with Crippen LogP contribution in [0.1, 0.15) is 64.5 Å². The van der Waals surface area contributed by atoms with Gasteiger partial charge >= 0.3 is 0 Å². The number of carbonyl (C=O) groups excluding carboxylic acids is 2. The number of fused-ring (bicyclic) bond motifs is 6. The number of aliphatic hydroxyl groups is 1. The fourth-order valence-electron chi connectivity index (χ4n) is 8.47. The lowest BCUT2D eigenvalue weighted by molar-refractivity contribution is -0.210. The first-order valence-corrected chi connectivity index (χ1v) is 12.3. The summed E-state index contributed by atoms with van der Waals surface area (Å²) >= 11 is 0. The fraction of sp³-hybridized carbons (Fsp3) is 0.615. The van der Waals surface area contributed by atoms with Gasteiger partial charge in [-0.05, 0) is 56.7 Å². The molecule has 4 saturated heterocycles. The lowest BCUT2D eigenvalue weighted by Gasteiger charge is -2.68. The Kier molecular flexibility index (Phi) is 3.43. The van der Waals surface area contributed by atoms with Gasteiger partial charge in [-0.25, -0.2) is 5.06 Å². The van der Waals surface area contributed by atoms with Crippen molar-refractivity contribution in [2.45, 2.75) is 81.7 Å². The van der Waals surface area contributed by atoms with E-state index in [-0.39, 0.29) is 24.2 Å². The Balaban J connectivity index is 1.43. The van der Waals surface area contributed by atoms with Crippen molar-refractivity contribution in [1.82, 2.24) is 10.2 Å². The van der Waals surface area contributed by atoms with Gasteiger partial charge in [-0.3, -0.25) is 14.8 Å². The van der Waals surface area contributed by atoms with Crippen LogP contribution in [0.4, 0.5) is 5.69 Å². The van der Waals surface area contributed by atoms with Crippen molar-refractivity contribution < 1.29 is 24.6 Å². The minimum Gasteiger partial charge on any atom is -0.483 e. The first-order chi connectivity index (χ1) is 15.9. The smallest absolute Gasteiger partial charge is 0.249 e. The third-order valence-corrected chi connectivity index (χ3v) is 9.76. The van der Waals surface area contributed by atoms with Crippen molar-refractivity contribution in [2.24, 2.45) is 11.3 Å². The second kappa shape index (κ2) is 5.62. The van der Waals surface area contributed by atoms with Gasteiger partial charge in [-0.15, -0.1) is 0 Å². The van der Waals surface area contributed by atoms with Gasteiger partial charge in [0.15, 0.2) is 0 Å². The summed E-state index contributed by atoms with van der Waals surface area (Å²) in [4.78, 5) is 29.1. The number of carbonyl (C=O) groups is 2. The van der Waals surface area contributed by atoms with E-state index in [1.165, 1.54) is 5.06 Å². The van der Waals surface area contributed by atoms with E-state index in [9.17, 15) is 19.9 Å². The average Bonchev–Trinajstić information content (AvgIpc) is 3.27. The van der Waals surface area contributed by atoms with Gasteiger partial charge in [0.05, 0.1) is 11.7 Å². The number of rotatable bonds is 0. The van der Waals surface area contributed by atoms with Crippen LogP contribution in [0, 0.1) is 11.3 Å². The number of hydrogen-bond acceptors (Lipinski definition) is 6. The maximum absolute atomic E-state index is 14.0. The monoisotopic (exact) mass is 465 g/mol. The Morgan fingerprint density at radius 3 is 2.71 bits per heavy atom. The molecule has 6 aliphatic heterocycles. The van der Waals surface area contributed by atoms with Gasteiger partial charge in [0.25, 0.3) is 0 Å². The van der Waals surface area contributed by atoms with Crippen LogP contribution in [0.5, 0.6) is 5.75 Å². The zero-order chi connectivity index (χ0) is 24.1. The number of amides is 2. The Hall–Kier alpha value is -2.58. The lowest BCUT2D eigenvalue weighted by atomic mass is 9.46. The standard InChI is InChI=1S/C26H31N3O5/c1-22(2)10-8-14-16(34-22)7-6-15-18(14)29(33)19-23(3,4)17-12-24-9-5-11-28(24)21(31)25(17,27-20(24)30)13-26(15,19)32/h6-8,10,17,19,32-33H,5,9,11-13H2,1-4H3,(H,27,30)/t17-,19?,24+,25+,26+/m1/s1. The van der Waals surface area contributed by atoms with Crippen LogP contribution >= 0.6 is 0 Å². The van der Waals surface area contributed by atoms with Crippen molar-refractivity contribution in [2.75, 3.05) is 11.6 Å². The van der Waals surface area contributed by atoms with Gasteiger partial charge in [0, 0.05) is 30.0 Å². The molecule has 0 radical (unpaired) electrons. The molecule has 5 atom stereocenters. The SMILES string of the molecule is CC1(C)C=Cc2c(ccc3c2N(O)C2C(C)(C)[C@H]4C[C@]56CCCN5C(=O)[C@@]4(C[C@]32O)NC6=O)O1. The molecule has 6 heterocycles. The number of piperazine rings is 1. The van der Waals surface area contributed by atoms with Crippen molar-refractivity contribution in [1.29, 1.82) is 0 Å². The fourth-order valence-corrected chi connectivity index (χ4v) is 8.47. The molecule has 8 heteroatoms. The number of nitrogens with one attached hydrogen (secondary N) is 1. The zero-order valence-corrected chi connectivity index (χ0v) is 20.0. The molecular weight excluding hydrogens is 434 g/mol. The molecule has 1 aliphatic carbocycles. The maximum Gasteiger partial charge on any atom is 0.249 e. The Morgan fingerprint density at radius 1 is 1.18 bits per heavy atom. The largest absolute Gasteiger partial charge is 0.483 e. The van der Waals surface area contributed by atoms with Gasteiger partial charge in [-0.1, -0.05) is 19.9 Å². The second-order valence-electron chi connectivity index (χ2n) is 12.4. The lowest BCUT2D eigenvalue weighted by Crippen LogP contribution is -2.86. The van der Waals surface area contributed by atoms with E-state index in [0.29, 0.717) is 36.4 Å². The van der Waals surface area contributed by atoms with Crippen LogP contribution in [0.2, 0.25) is 0 Å². The van der Waals surface area contributed by atoms with Crippen LogP contribution in [-0.4, -0.2) is 56.3 Å². The van der Waals surface area contributed by atoms with Crippen LogP contribution < -0.4 is 15.1 Å². The first kappa shape index (κ1) is 20.8. The third kappa shape index (κ3) is 2.02. The summed E-state index contributed by atoms with van der Waals surface area (Å²) < 4.78 is 6.13. The predicted molar refractivity (Wildman–Crippen MR) is 123 cm³/mol. The van der Waals surface area contributed by atoms with E-state index in [2.05, 4.69) is 5.32 Å². The van der Waals surface area contributed by atoms with Crippen molar-refractivity contribution >= 4 is 23.6 Å². The second-order valence-corrected chi connectivity index (χ2v) is 12.4. The molecule has 5 fully saturated rings. The van der Waals surface area contributed by atoms with E-state index < -0.39 is 33.7 Å². The summed E-state index contributed by atoms with van der Waals surface area (Å²) in [5.41, 5.74) is -2.87. The van der Waals surface area contributed by atoms with Gasteiger partial charge in [0.2, 0.25) is 11.8 Å². The minimum atomic E-state index is -1.53. The molecule has 2 bridgehead atoms. The minimum absolute atomic E-state index is 0.0365. The summed E-state index contributed by atoms with van der Waals surface area (Å²) in [7, 11) is 0. The van der Waals surface area contributed by atoms with Gasteiger partial charge < -0.3 is 20.1 Å². The highest BCUT2D eigenvalue weighted by Crippen LogP contribution is 2.67. The maximum atomic E-state index is 14.0. The number of ether oxygens (including phenoxy) is 1. The third-order valence-electron chi connectivity index (χ3n) is 9.76. The molecule has 2 amide bonds. The molecule has 8 rings (SSSR count). The molecule has 7 aliphatic rings. The van der Waals surface area contributed by atoms with Crippen molar-refractivity contribution in [3.63, 3.8) is 0 Å². The van der Waals surface area contributed by atoms with Crippen LogP contribution in [0.15, 0.2) is 18.2 Å². The highest BCUT2D eigenvalue weighted by molar-refractivity contribution is 6.05. The molecule has 1 saturated carbocycles. The quantitative estimate of drug-likeness (QED) is 0.544. The van der Waals surface area contributed by atoms with Crippen molar-refractivity contribution in [3.8, 4) is 5.75 Å². The molecule has 34 heavy (non-hydrogen) atoms. The molecule has 8 nitrogen and oxygen atoms in total. The first-order valence-electron chi connectivity index (χ1n) is 12.3. The average molecular weight is 466 g/mol. The van der Waals surface area contributed by atoms with Crippen LogP contribution in [0.3, 0.4) is 0 Å². The van der Waals surface area contributed by atoms with E-state index in [4.69, 9.17) is 4.74 Å². The number of piperidine rings is 2. The van der Waals surface area contributed by atoms with Crippen LogP contribution in [0.25, 0.3) is 6.08 Å². The van der Waals surface area contributed by atoms with Crippen molar-refractivity contribution in [3.05, 3.63) is 29.3 Å². The van der Waals surface area contributed by atoms with E-state index in [0.717, 1.165) is 12.0 Å². The predicted octanol–water partition coefficient (Wildman–Crippen LogP) is 2.32. The van der Waals surface area contributed by atoms with Crippen LogP contribution in [-0.2, 0) is 15.2 Å². The number of anilines is 1. The molecular formula is C26H31N3O5. The molecule has 1 unspecified atom stereocenters. The Bertz CT molecular complexity index is 1220. The number of benzene rings is 1. The molecule has 180 valence electrons. The van der Waals surface area contributed by atoms with E-state index in [1.54, 1.807) is 11.0 Å². The topological polar surface area (TPSA) is 102 Å². The molecule has 1 aromatic rings. The Morgan fingerprint density at radius 2 is 1.94 bits per heavy atom. The number of hydroxylamine groups is 1. The molecule has 0 aromatic heterocycles. The van der Waals surface area contributed by atoms with E-state index >= 15 is 0 Å². The van der Waals surface area contributed by atoms with E-state index in [1.807, 2.05) is 45.9 Å². The summed E-state index contributed by atoms with van der Waals surface area (Å²) in [5, 5.41) is 28.3. The van der Waals surface area contributed by atoms with Gasteiger partial charge in [-0.2, -0.15) is 0 Å². The summed E-state index contributed by atoms with van der Waals surface area (Å²) in [6.07, 6.45) is 5.94.